The molecule has 2 N–H and O–H groups in total. The van der Waals surface area contributed by atoms with E-state index < -0.39 is 5.97 Å². The number of thiophene rings is 1. The second-order valence-electron chi connectivity index (χ2n) is 4.44. The largest absolute Gasteiger partial charge is 0.465 e. The lowest BCUT2D eigenvalue weighted by Gasteiger charge is -1.96. The van der Waals surface area contributed by atoms with Crippen molar-refractivity contribution in [1.29, 1.82) is 0 Å². The molecule has 0 bridgehead atoms. The first kappa shape index (κ1) is 12.7. The summed E-state index contributed by atoms with van der Waals surface area (Å²) in [5.74, 6) is 0.300. The smallest absolute Gasteiger partial charge is 0.350 e. The third kappa shape index (κ3) is 1.87. The zero-order chi connectivity index (χ0) is 14.3. The van der Waals surface area contributed by atoms with E-state index in [2.05, 4.69) is 0 Å². The van der Waals surface area contributed by atoms with Crippen molar-refractivity contribution in [1.82, 2.24) is 0 Å². The average Bonchev–Trinajstić information content (AvgIpc) is 3.01. The molecule has 4 nitrogen and oxygen atoms in total. The predicted molar refractivity (Wildman–Crippen MR) is 80.0 cm³/mol. The number of nitrogen functional groups attached to an aromatic ring is 1. The molecule has 1 aromatic carbocycles. The van der Waals surface area contributed by atoms with Crippen LogP contribution in [0.1, 0.15) is 15.2 Å². The van der Waals surface area contributed by atoms with Crippen molar-refractivity contribution in [2.24, 2.45) is 0 Å². The summed E-state index contributed by atoms with van der Waals surface area (Å²) in [5.41, 5.74) is 8.09. The number of fused-ring (bicyclic) bond motifs is 1. The third-order valence-electron chi connectivity index (χ3n) is 3.21. The monoisotopic (exact) mass is 287 g/mol. The SMILES string of the molecule is COC(=O)c1sc(-c2cc3ccccc3o2)c(C)c1N. The van der Waals surface area contributed by atoms with E-state index in [1.165, 1.54) is 18.4 Å². The molecule has 2 heterocycles. The van der Waals surface area contributed by atoms with Gasteiger partial charge in [0.25, 0.3) is 0 Å². The Morgan fingerprint density at radius 3 is 2.80 bits per heavy atom. The molecule has 0 unspecified atom stereocenters. The summed E-state index contributed by atoms with van der Waals surface area (Å²) in [5, 5.41) is 1.02. The Labute approximate surface area is 119 Å². The number of benzene rings is 1. The van der Waals surface area contributed by atoms with E-state index in [4.69, 9.17) is 14.9 Å². The van der Waals surface area contributed by atoms with Crippen molar-refractivity contribution < 1.29 is 13.9 Å². The Hall–Kier alpha value is -2.27. The van der Waals surface area contributed by atoms with Crippen LogP contribution in [0, 0.1) is 6.92 Å². The van der Waals surface area contributed by atoms with Crippen LogP contribution in [0.5, 0.6) is 0 Å². The number of hydrogen-bond donors (Lipinski definition) is 1. The zero-order valence-electron chi connectivity index (χ0n) is 11.1. The molecule has 0 saturated heterocycles. The molecule has 0 amide bonds. The highest BCUT2D eigenvalue weighted by Gasteiger charge is 2.21. The second kappa shape index (κ2) is 4.68. The Morgan fingerprint density at radius 1 is 1.35 bits per heavy atom. The summed E-state index contributed by atoms with van der Waals surface area (Å²) in [6.07, 6.45) is 0. The normalized spacial score (nSPS) is 10.9. The van der Waals surface area contributed by atoms with Crippen LogP contribution in [-0.2, 0) is 4.74 Å². The predicted octanol–water partition coefficient (Wildman–Crippen LogP) is 3.84. The van der Waals surface area contributed by atoms with E-state index in [9.17, 15) is 4.79 Å². The number of para-hydroxylation sites is 1. The Kier molecular flexibility index (Phi) is 2.99. The number of nitrogens with two attached hydrogens (primary N) is 1. The fraction of sp³-hybridized carbons (Fsp3) is 0.133. The van der Waals surface area contributed by atoms with Gasteiger partial charge in [-0.05, 0) is 24.6 Å². The topological polar surface area (TPSA) is 65.5 Å². The Balaban J connectivity index is 2.16. The number of esters is 1. The summed E-state index contributed by atoms with van der Waals surface area (Å²) in [6, 6.07) is 9.72. The first-order chi connectivity index (χ1) is 9.61. The van der Waals surface area contributed by atoms with Gasteiger partial charge in [0.15, 0.2) is 0 Å². The van der Waals surface area contributed by atoms with Crippen molar-refractivity contribution >= 4 is 34.0 Å². The highest BCUT2D eigenvalue weighted by Crippen LogP contribution is 2.40. The van der Waals surface area contributed by atoms with E-state index in [0.717, 1.165) is 27.2 Å². The molecular formula is C15H13NO3S. The van der Waals surface area contributed by atoms with Crippen LogP contribution in [0.15, 0.2) is 34.7 Å². The zero-order valence-corrected chi connectivity index (χ0v) is 11.9. The highest BCUT2D eigenvalue weighted by molar-refractivity contribution is 7.18. The van der Waals surface area contributed by atoms with Crippen molar-refractivity contribution in [2.75, 3.05) is 12.8 Å². The first-order valence-electron chi connectivity index (χ1n) is 6.08. The lowest BCUT2D eigenvalue weighted by Crippen LogP contribution is -2.01. The van der Waals surface area contributed by atoms with Crippen LogP contribution in [0.3, 0.4) is 0 Å². The van der Waals surface area contributed by atoms with Gasteiger partial charge in [0.2, 0.25) is 0 Å². The van der Waals surface area contributed by atoms with Crippen molar-refractivity contribution in [3.05, 3.63) is 40.8 Å². The molecular weight excluding hydrogens is 274 g/mol. The number of carbonyl (C=O) groups is 1. The number of hydrogen-bond acceptors (Lipinski definition) is 5. The van der Waals surface area contributed by atoms with Crippen LogP contribution in [0.2, 0.25) is 0 Å². The summed E-state index contributed by atoms with van der Waals surface area (Å²) in [6.45, 7) is 1.88. The lowest BCUT2D eigenvalue weighted by atomic mass is 10.2. The van der Waals surface area contributed by atoms with Gasteiger partial charge in [-0.15, -0.1) is 11.3 Å². The maximum absolute atomic E-state index is 11.7. The molecule has 0 aliphatic heterocycles. The minimum absolute atomic E-state index is 0.417. The third-order valence-corrected chi connectivity index (χ3v) is 4.52. The molecule has 0 aliphatic rings. The van der Waals surface area contributed by atoms with E-state index >= 15 is 0 Å². The van der Waals surface area contributed by atoms with Gasteiger partial charge in [-0.2, -0.15) is 0 Å². The van der Waals surface area contributed by atoms with Crippen LogP contribution in [0.4, 0.5) is 5.69 Å². The van der Waals surface area contributed by atoms with Gasteiger partial charge < -0.3 is 14.9 Å². The maximum atomic E-state index is 11.7. The fourth-order valence-corrected chi connectivity index (χ4v) is 3.20. The number of furan rings is 1. The molecule has 0 spiro atoms. The molecule has 3 aromatic rings. The van der Waals surface area contributed by atoms with E-state index in [1.807, 2.05) is 37.3 Å². The number of ether oxygens (including phenoxy) is 1. The minimum atomic E-state index is -0.419. The Morgan fingerprint density at radius 2 is 2.10 bits per heavy atom. The number of anilines is 1. The molecule has 0 saturated carbocycles. The molecule has 2 aromatic heterocycles. The second-order valence-corrected chi connectivity index (χ2v) is 5.46. The van der Waals surface area contributed by atoms with Gasteiger partial charge in [-0.3, -0.25) is 0 Å². The number of carbonyl (C=O) groups excluding carboxylic acids is 1. The van der Waals surface area contributed by atoms with Crippen LogP contribution in [0.25, 0.3) is 21.6 Å². The van der Waals surface area contributed by atoms with E-state index in [0.29, 0.717) is 10.6 Å². The van der Waals surface area contributed by atoms with Gasteiger partial charge in [0.05, 0.1) is 17.7 Å². The van der Waals surface area contributed by atoms with Crippen molar-refractivity contribution in [3.8, 4) is 10.6 Å². The molecule has 3 rings (SSSR count). The molecule has 0 fully saturated rings. The first-order valence-corrected chi connectivity index (χ1v) is 6.89. The van der Waals surface area contributed by atoms with Gasteiger partial charge in [0.1, 0.15) is 16.2 Å². The number of methoxy groups -OCH3 is 1. The summed E-state index contributed by atoms with van der Waals surface area (Å²) < 4.78 is 10.6. The van der Waals surface area contributed by atoms with Crippen LogP contribution in [-0.4, -0.2) is 13.1 Å². The highest BCUT2D eigenvalue weighted by atomic mass is 32.1. The molecule has 0 radical (unpaired) electrons. The molecule has 0 aliphatic carbocycles. The van der Waals surface area contributed by atoms with Crippen LogP contribution >= 0.6 is 11.3 Å². The fourth-order valence-electron chi connectivity index (χ4n) is 2.10. The lowest BCUT2D eigenvalue weighted by molar-refractivity contribution is 0.0607. The van der Waals surface area contributed by atoms with Crippen molar-refractivity contribution in [2.45, 2.75) is 6.92 Å². The number of rotatable bonds is 2. The quantitative estimate of drug-likeness (QED) is 0.727. The van der Waals surface area contributed by atoms with Crippen LogP contribution < -0.4 is 5.73 Å². The molecule has 5 heteroatoms. The van der Waals surface area contributed by atoms with Gasteiger partial charge >= 0.3 is 5.97 Å². The summed E-state index contributed by atoms with van der Waals surface area (Å²) in [7, 11) is 1.34. The summed E-state index contributed by atoms with van der Waals surface area (Å²) >= 11 is 1.29. The minimum Gasteiger partial charge on any atom is -0.465 e. The van der Waals surface area contributed by atoms with E-state index in [1.54, 1.807) is 0 Å². The van der Waals surface area contributed by atoms with Gasteiger partial charge in [0, 0.05) is 5.39 Å². The molecule has 0 atom stereocenters. The van der Waals surface area contributed by atoms with Gasteiger partial charge in [-0.1, -0.05) is 18.2 Å². The van der Waals surface area contributed by atoms with Crippen molar-refractivity contribution in [3.63, 3.8) is 0 Å². The standard InChI is InChI=1S/C15H13NO3S/c1-8-12(16)14(15(17)18-2)20-13(8)11-7-9-5-3-4-6-10(9)19-11/h3-7H,16H2,1-2H3. The maximum Gasteiger partial charge on any atom is 0.350 e. The molecule has 102 valence electrons. The van der Waals surface area contributed by atoms with Gasteiger partial charge in [-0.25, -0.2) is 4.79 Å². The Bertz CT molecular complexity index is 768. The van der Waals surface area contributed by atoms with E-state index in [-0.39, 0.29) is 0 Å². The molecule has 20 heavy (non-hydrogen) atoms. The average molecular weight is 287 g/mol. The summed E-state index contributed by atoms with van der Waals surface area (Å²) in [4.78, 5) is 13.0.